The van der Waals surface area contributed by atoms with Crippen LogP contribution in [-0.2, 0) is 10.0 Å². The summed E-state index contributed by atoms with van der Waals surface area (Å²) in [4.78, 5) is 0. The van der Waals surface area contributed by atoms with Crippen molar-refractivity contribution in [2.45, 2.75) is 52.1 Å². The molecule has 0 aromatic carbocycles. The van der Waals surface area contributed by atoms with Gasteiger partial charge in [0.1, 0.15) is 0 Å². The Bertz CT molecular complexity index is 372. The Balaban J connectivity index is 2.06. The van der Waals surface area contributed by atoms with Gasteiger partial charge in [-0.05, 0) is 24.7 Å². The number of nitrogens with one attached hydrogen (secondary N) is 1. The Morgan fingerprint density at radius 1 is 1.18 bits per heavy atom. The zero-order chi connectivity index (χ0) is 12.7. The quantitative estimate of drug-likeness (QED) is 0.811. The first-order valence-corrected chi connectivity index (χ1v) is 8.11. The molecule has 0 radical (unpaired) electrons. The van der Waals surface area contributed by atoms with Crippen LogP contribution in [0.3, 0.4) is 0 Å². The van der Waals surface area contributed by atoms with Crippen LogP contribution in [0, 0.1) is 5.41 Å². The molecule has 2 fully saturated rings. The first-order valence-electron chi connectivity index (χ1n) is 6.50. The van der Waals surface area contributed by atoms with E-state index < -0.39 is 10.0 Å². The third kappa shape index (κ3) is 3.42. The highest BCUT2D eigenvalue weighted by Gasteiger charge is 2.35. The molecule has 4 nitrogen and oxygen atoms in total. The lowest BCUT2D eigenvalue weighted by Crippen LogP contribution is -2.42. The van der Waals surface area contributed by atoms with Crippen LogP contribution < -0.4 is 5.32 Å². The molecule has 0 aromatic rings. The normalized spacial score (nSPS) is 31.5. The first-order chi connectivity index (χ1) is 7.76. The summed E-state index contributed by atoms with van der Waals surface area (Å²) in [7, 11) is -3.09. The van der Waals surface area contributed by atoms with Crippen molar-refractivity contribution in [1.29, 1.82) is 0 Å². The molecule has 2 bridgehead atoms. The van der Waals surface area contributed by atoms with Crippen molar-refractivity contribution in [3.05, 3.63) is 0 Å². The largest absolute Gasteiger partial charge is 0.310 e. The van der Waals surface area contributed by atoms with Crippen LogP contribution in [0.2, 0.25) is 0 Å². The van der Waals surface area contributed by atoms with Gasteiger partial charge >= 0.3 is 0 Å². The van der Waals surface area contributed by atoms with Crippen molar-refractivity contribution >= 4 is 10.0 Å². The highest BCUT2D eigenvalue weighted by atomic mass is 32.2. The van der Waals surface area contributed by atoms with Gasteiger partial charge in [0.05, 0.1) is 5.75 Å². The molecule has 0 aromatic heterocycles. The first kappa shape index (κ1) is 13.3. The molecule has 0 amide bonds. The average Bonchev–Trinajstić information content (AvgIpc) is 2.40. The summed E-state index contributed by atoms with van der Waals surface area (Å²) in [5, 5.41) is 3.51. The monoisotopic (exact) mass is 260 g/mol. The molecule has 0 aliphatic carbocycles. The lowest BCUT2D eigenvalue weighted by atomic mass is 10.0. The summed E-state index contributed by atoms with van der Waals surface area (Å²) in [5.74, 6) is 0.247. The molecule has 2 heterocycles. The zero-order valence-electron chi connectivity index (χ0n) is 11.1. The Morgan fingerprint density at radius 2 is 1.82 bits per heavy atom. The number of hydrogen-bond acceptors (Lipinski definition) is 3. The van der Waals surface area contributed by atoms with Gasteiger partial charge in [0, 0.05) is 25.2 Å². The van der Waals surface area contributed by atoms with Gasteiger partial charge in [-0.2, -0.15) is 0 Å². The predicted molar refractivity (Wildman–Crippen MR) is 69.4 cm³/mol. The van der Waals surface area contributed by atoms with Crippen LogP contribution in [0.5, 0.6) is 0 Å². The second kappa shape index (κ2) is 4.52. The van der Waals surface area contributed by atoms with Gasteiger partial charge in [-0.25, -0.2) is 12.7 Å². The Kier molecular flexibility index (Phi) is 3.54. The van der Waals surface area contributed by atoms with E-state index in [0.29, 0.717) is 25.2 Å². The number of sulfonamides is 1. The van der Waals surface area contributed by atoms with Gasteiger partial charge in [0.15, 0.2) is 0 Å². The lowest BCUT2D eigenvalue weighted by Gasteiger charge is -2.27. The molecule has 1 N–H and O–H groups in total. The summed E-state index contributed by atoms with van der Waals surface area (Å²) in [6.45, 7) is 7.29. The summed E-state index contributed by atoms with van der Waals surface area (Å²) in [6, 6.07) is 0.909. The molecule has 0 saturated carbocycles. The maximum absolute atomic E-state index is 12.3. The molecular weight excluding hydrogens is 236 g/mol. The van der Waals surface area contributed by atoms with Gasteiger partial charge in [-0.1, -0.05) is 20.8 Å². The summed E-state index contributed by atoms with van der Waals surface area (Å²) in [6.07, 6.45) is 3.28. The van der Waals surface area contributed by atoms with Crippen molar-refractivity contribution in [3.8, 4) is 0 Å². The molecule has 2 rings (SSSR count). The molecule has 5 heteroatoms. The average molecular weight is 260 g/mol. The third-order valence-corrected chi connectivity index (χ3v) is 5.84. The van der Waals surface area contributed by atoms with Gasteiger partial charge in [0.25, 0.3) is 0 Å². The van der Waals surface area contributed by atoms with Gasteiger partial charge < -0.3 is 5.32 Å². The van der Waals surface area contributed by atoms with E-state index >= 15 is 0 Å². The molecule has 2 atom stereocenters. The minimum Gasteiger partial charge on any atom is -0.310 e. The van der Waals surface area contributed by atoms with E-state index in [4.69, 9.17) is 0 Å². The highest BCUT2D eigenvalue weighted by Crippen LogP contribution is 2.25. The number of fused-ring (bicyclic) bond motifs is 2. The molecule has 0 spiro atoms. The van der Waals surface area contributed by atoms with Crippen molar-refractivity contribution in [1.82, 2.24) is 9.62 Å². The lowest BCUT2D eigenvalue weighted by molar-refractivity contribution is 0.368. The second-order valence-corrected chi connectivity index (χ2v) is 8.57. The van der Waals surface area contributed by atoms with Crippen molar-refractivity contribution in [2.24, 2.45) is 5.41 Å². The van der Waals surface area contributed by atoms with Crippen LogP contribution >= 0.6 is 0 Å². The van der Waals surface area contributed by atoms with Crippen molar-refractivity contribution < 1.29 is 8.42 Å². The summed E-state index contributed by atoms with van der Waals surface area (Å²) >= 11 is 0. The van der Waals surface area contributed by atoms with E-state index in [1.54, 1.807) is 4.31 Å². The van der Waals surface area contributed by atoms with E-state index in [1.165, 1.54) is 6.42 Å². The SMILES string of the molecule is CC(C)(C)CS(=O)(=O)N1CCC2CCC(C1)N2. The molecule has 17 heavy (non-hydrogen) atoms. The Labute approximate surface area is 105 Å². The number of hydrogen-bond donors (Lipinski definition) is 1. The maximum atomic E-state index is 12.3. The fraction of sp³-hybridized carbons (Fsp3) is 1.00. The fourth-order valence-corrected chi connectivity index (χ4v) is 4.87. The van der Waals surface area contributed by atoms with E-state index in [9.17, 15) is 8.42 Å². The molecule has 2 aliphatic rings. The van der Waals surface area contributed by atoms with Crippen LogP contribution in [-0.4, -0.2) is 43.6 Å². The molecule has 2 saturated heterocycles. The van der Waals surface area contributed by atoms with Crippen molar-refractivity contribution in [3.63, 3.8) is 0 Å². The molecule has 100 valence electrons. The number of nitrogens with zero attached hydrogens (tertiary/aromatic N) is 1. The van der Waals surface area contributed by atoms with Crippen molar-refractivity contribution in [2.75, 3.05) is 18.8 Å². The van der Waals surface area contributed by atoms with Crippen LogP contribution in [0.15, 0.2) is 0 Å². The fourth-order valence-electron chi connectivity index (χ4n) is 2.80. The van der Waals surface area contributed by atoms with E-state index in [-0.39, 0.29) is 11.2 Å². The third-order valence-electron chi connectivity index (χ3n) is 3.49. The standard InChI is InChI=1S/C12H24N2O2S/c1-12(2,3)9-17(15,16)14-7-6-10-4-5-11(8-14)13-10/h10-11,13H,4-9H2,1-3H3. The van der Waals surface area contributed by atoms with E-state index in [1.807, 2.05) is 20.8 Å². The van der Waals surface area contributed by atoms with E-state index in [0.717, 1.165) is 12.8 Å². The van der Waals surface area contributed by atoms with Crippen LogP contribution in [0.4, 0.5) is 0 Å². The van der Waals surface area contributed by atoms with Crippen LogP contribution in [0.25, 0.3) is 0 Å². The Hall–Kier alpha value is -0.130. The number of rotatable bonds is 2. The highest BCUT2D eigenvalue weighted by molar-refractivity contribution is 7.89. The minimum absolute atomic E-state index is 0.169. The molecular formula is C12H24N2O2S. The molecule has 2 aliphatic heterocycles. The van der Waals surface area contributed by atoms with Gasteiger partial charge in [-0.15, -0.1) is 0 Å². The smallest absolute Gasteiger partial charge is 0.214 e. The summed E-state index contributed by atoms with van der Waals surface area (Å²) in [5.41, 5.74) is -0.169. The van der Waals surface area contributed by atoms with Crippen LogP contribution in [0.1, 0.15) is 40.0 Å². The van der Waals surface area contributed by atoms with E-state index in [2.05, 4.69) is 5.32 Å². The predicted octanol–water partition coefficient (Wildman–Crippen LogP) is 1.19. The minimum atomic E-state index is -3.09. The van der Waals surface area contributed by atoms with Gasteiger partial charge in [0.2, 0.25) is 10.0 Å². The van der Waals surface area contributed by atoms with Gasteiger partial charge in [-0.3, -0.25) is 0 Å². The maximum Gasteiger partial charge on any atom is 0.214 e. The molecule has 2 unspecified atom stereocenters. The zero-order valence-corrected chi connectivity index (χ0v) is 11.9. The topological polar surface area (TPSA) is 49.4 Å². The summed E-state index contributed by atoms with van der Waals surface area (Å²) < 4.78 is 26.4. The Morgan fingerprint density at radius 3 is 2.47 bits per heavy atom. The second-order valence-electron chi connectivity index (χ2n) is 6.60.